The number of fused-ring (bicyclic) bond motifs is 1. The Kier molecular flexibility index (Phi) is 6.55. The standard InChI is InChI=1S/C26H23F3N2O3S/c1-16-13-21(11-12-22(16)34-25(2,3)24(32)33)35-15-18-6-4-5-17-14-31(30-23(17)18)20-9-7-19(8-10-20)26(27,28)29/h4-14H,15H2,1-3H3,(H,32,33). The fourth-order valence-corrected chi connectivity index (χ4v) is 4.44. The second-order valence-corrected chi connectivity index (χ2v) is 9.66. The van der Waals surface area contributed by atoms with Crippen LogP contribution in [-0.2, 0) is 16.7 Å². The van der Waals surface area contributed by atoms with Crippen LogP contribution in [0.2, 0.25) is 0 Å². The van der Waals surface area contributed by atoms with Gasteiger partial charge in [-0.3, -0.25) is 0 Å². The van der Waals surface area contributed by atoms with E-state index >= 15 is 0 Å². The van der Waals surface area contributed by atoms with E-state index in [2.05, 4.69) is 5.10 Å². The molecule has 1 heterocycles. The molecule has 0 aliphatic rings. The van der Waals surface area contributed by atoms with Crippen molar-refractivity contribution in [2.45, 2.75) is 43.2 Å². The van der Waals surface area contributed by atoms with E-state index in [0.29, 0.717) is 17.2 Å². The number of hydrogen-bond acceptors (Lipinski definition) is 4. The van der Waals surface area contributed by atoms with Crippen molar-refractivity contribution >= 4 is 28.6 Å². The first-order chi connectivity index (χ1) is 16.4. The molecule has 4 aromatic rings. The molecule has 0 unspecified atom stereocenters. The predicted octanol–water partition coefficient (Wildman–Crippen LogP) is 6.89. The van der Waals surface area contributed by atoms with E-state index in [1.54, 1.807) is 28.7 Å². The lowest BCUT2D eigenvalue weighted by molar-refractivity contribution is -0.152. The van der Waals surface area contributed by atoms with E-state index in [-0.39, 0.29) is 0 Å². The summed E-state index contributed by atoms with van der Waals surface area (Å²) in [6.07, 6.45) is -2.58. The lowest BCUT2D eigenvalue weighted by Crippen LogP contribution is -2.38. The summed E-state index contributed by atoms with van der Waals surface area (Å²) in [7, 11) is 0. The topological polar surface area (TPSA) is 64.4 Å². The first-order valence-electron chi connectivity index (χ1n) is 10.7. The van der Waals surface area contributed by atoms with E-state index in [4.69, 9.17) is 4.74 Å². The molecule has 1 aromatic heterocycles. The summed E-state index contributed by atoms with van der Waals surface area (Å²) in [4.78, 5) is 12.3. The number of aryl methyl sites for hydroxylation is 1. The number of rotatable bonds is 7. The maximum Gasteiger partial charge on any atom is 0.416 e. The lowest BCUT2D eigenvalue weighted by atomic mass is 10.1. The summed E-state index contributed by atoms with van der Waals surface area (Å²) in [6, 6.07) is 16.3. The number of hydrogen-bond donors (Lipinski definition) is 1. The summed E-state index contributed by atoms with van der Waals surface area (Å²) in [5.74, 6) is 0.0973. The predicted molar refractivity (Wildman–Crippen MR) is 129 cm³/mol. The van der Waals surface area contributed by atoms with Gasteiger partial charge in [0.15, 0.2) is 5.60 Å². The largest absolute Gasteiger partial charge is 0.478 e. The Morgan fingerprint density at radius 1 is 1.09 bits per heavy atom. The maximum atomic E-state index is 12.9. The minimum Gasteiger partial charge on any atom is -0.478 e. The highest BCUT2D eigenvalue weighted by Gasteiger charge is 2.30. The van der Waals surface area contributed by atoms with Gasteiger partial charge in [-0.25, -0.2) is 9.48 Å². The summed E-state index contributed by atoms with van der Waals surface area (Å²) in [6.45, 7) is 4.87. The van der Waals surface area contributed by atoms with Gasteiger partial charge in [-0.15, -0.1) is 11.8 Å². The molecular formula is C26H23F3N2O3S. The van der Waals surface area contributed by atoms with Gasteiger partial charge in [-0.1, -0.05) is 18.2 Å². The van der Waals surface area contributed by atoms with Crippen LogP contribution in [0.3, 0.4) is 0 Å². The van der Waals surface area contributed by atoms with Gasteiger partial charge in [0, 0.05) is 22.2 Å². The van der Waals surface area contributed by atoms with E-state index in [0.717, 1.165) is 39.1 Å². The van der Waals surface area contributed by atoms with Gasteiger partial charge in [0.05, 0.1) is 16.8 Å². The van der Waals surface area contributed by atoms with Gasteiger partial charge < -0.3 is 9.84 Å². The molecule has 0 aliphatic carbocycles. The van der Waals surface area contributed by atoms with Crippen molar-refractivity contribution in [2.24, 2.45) is 0 Å². The summed E-state index contributed by atoms with van der Waals surface area (Å²) < 4.78 is 45.8. The first kappa shape index (κ1) is 24.7. The van der Waals surface area contributed by atoms with Crippen LogP contribution in [0.25, 0.3) is 16.6 Å². The number of aliphatic carboxylic acids is 1. The van der Waals surface area contributed by atoms with Crippen LogP contribution < -0.4 is 4.74 Å². The Morgan fingerprint density at radius 3 is 2.43 bits per heavy atom. The van der Waals surface area contributed by atoms with Gasteiger partial charge in [-0.05, 0) is 74.4 Å². The number of carboxylic acid groups (broad SMARTS) is 1. The number of ether oxygens (including phenoxy) is 1. The molecule has 0 amide bonds. The highest BCUT2D eigenvalue weighted by atomic mass is 32.2. The van der Waals surface area contributed by atoms with E-state index in [1.807, 2.05) is 37.3 Å². The van der Waals surface area contributed by atoms with Crippen LogP contribution in [0.5, 0.6) is 5.75 Å². The van der Waals surface area contributed by atoms with Crippen molar-refractivity contribution in [1.82, 2.24) is 9.78 Å². The number of carboxylic acids is 1. The Bertz CT molecular complexity index is 1380. The number of benzene rings is 3. The van der Waals surface area contributed by atoms with Gasteiger partial charge in [0.2, 0.25) is 0 Å². The first-order valence-corrected chi connectivity index (χ1v) is 11.7. The van der Waals surface area contributed by atoms with E-state index < -0.39 is 23.3 Å². The highest BCUT2D eigenvalue weighted by Crippen LogP contribution is 2.32. The quantitative estimate of drug-likeness (QED) is 0.280. The number of carbonyl (C=O) groups is 1. The zero-order valence-corrected chi connectivity index (χ0v) is 20.1. The SMILES string of the molecule is Cc1cc(SCc2cccc3cn(-c4ccc(C(F)(F)F)cc4)nc23)ccc1OC(C)(C)C(=O)O. The zero-order chi connectivity index (χ0) is 25.4. The van der Waals surface area contributed by atoms with Crippen LogP contribution in [0.1, 0.15) is 30.5 Å². The van der Waals surface area contributed by atoms with E-state index in [9.17, 15) is 23.1 Å². The van der Waals surface area contributed by atoms with Crippen LogP contribution in [0.4, 0.5) is 13.2 Å². The van der Waals surface area contributed by atoms with Crippen LogP contribution in [0.15, 0.2) is 71.8 Å². The number of halogens is 3. The molecule has 0 radical (unpaired) electrons. The molecule has 4 rings (SSSR count). The summed E-state index contributed by atoms with van der Waals surface area (Å²) in [5.41, 5.74) is 1.11. The molecule has 1 N–H and O–H groups in total. The second-order valence-electron chi connectivity index (χ2n) is 8.61. The third kappa shape index (κ3) is 5.45. The molecule has 3 aromatic carbocycles. The maximum absolute atomic E-state index is 12.9. The average molecular weight is 501 g/mol. The number of nitrogens with zero attached hydrogens (tertiary/aromatic N) is 2. The third-order valence-electron chi connectivity index (χ3n) is 5.50. The van der Waals surface area contributed by atoms with Crippen molar-refractivity contribution in [1.29, 1.82) is 0 Å². The molecule has 35 heavy (non-hydrogen) atoms. The average Bonchev–Trinajstić information content (AvgIpc) is 3.24. The third-order valence-corrected chi connectivity index (χ3v) is 6.54. The summed E-state index contributed by atoms with van der Waals surface area (Å²) in [5, 5.41) is 14.8. The van der Waals surface area contributed by atoms with Crippen molar-refractivity contribution in [3.8, 4) is 11.4 Å². The fraction of sp³-hybridized carbons (Fsp3) is 0.231. The molecule has 5 nitrogen and oxygen atoms in total. The molecule has 0 saturated carbocycles. The molecule has 0 spiro atoms. The highest BCUT2D eigenvalue weighted by molar-refractivity contribution is 7.98. The molecule has 0 aliphatic heterocycles. The number of alkyl halides is 3. The van der Waals surface area contributed by atoms with Crippen LogP contribution in [0, 0.1) is 6.92 Å². The van der Waals surface area contributed by atoms with Crippen molar-refractivity contribution < 1.29 is 27.8 Å². The smallest absolute Gasteiger partial charge is 0.416 e. The lowest BCUT2D eigenvalue weighted by Gasteiger charge is -2.23. The molecular weight excluding hydrogens is 477 g/mol. The normalized spacial score (nSPS) is 12.2. The fourth-order valence-electron chi connectivity index (χ4n) is 3.46. The molecule has 0 fully saturated rings. The van der Waals surface area contributed by atoms with Crippen molar-refractivity contribution in [3.63, 3.8) is 0 Å². The Labute approximate surface area is 204 Å². The van der Waals surface area contributed by atoms with Gasteiger partial charge in [0.25, 0.3) is 0 Å². The van der Waals surface area contributed by atoms with Gasteiger partial charge in [0.1, 0.15) is 5.75 Å². The van der Waals surface area contributed by atoms with Crippen LogP contribution >= 0.6 is 11.8 Å². The van der Waals surface area contributed by atoms with Gasteiger partial charge in [-0.2, -0.15) is 18.3 Å². The number of thioether (sulfide) groups is 1. The molecule has 9 heteroatoms. The number of aromatic nitrogens is 2. The molecule has 0 bridgehead atoms. The zero-order valence-electron chi connectivity index (χ0n) is 19.3. The van der Waals surface area contributed by atoms with E-state index in [1.165, 1.54) is 26.0 Å². The Morgan fingerprint density at radius 2 is 1.80 bits per heavy atom. The van der Waals surface area contributed by atoms with Gasteiger partial charge >= 0.3 is 12.1 Å². The minimum absolute atomic E-state index is 0.513. The second kappa shape index (κ2) is 9.30. The molecule has 0 saturated heterocycles. The molecule has 0 atom stereocenters. The molecule has 182 valence electrons. The summed E-state index contributed by atoms with van der Waals surface area (Å²) >= 11 is 1.60. The monoisotopic (exact) mass is 500 g/mol. The Balaban J connectivity index is 1.52. The van der Waals surface area contributed by atoms with Crippen LogP contribution in [-0.4, -0.2) is 26.5 Å². The Hall–Kier alpha value is -3.46. The van der Waals surface area contributed by atoms with Crippen molar-refractivity contribution in [2.75, 3.05) is 0 Å². The minimum atomic E-state index is -4.38. The van der Waals surface area contributed by atoms with Crippen molar-refractivity contribution in [3.05, 3.63) is 83.6 Å².